The molecule has 2 rings (SSSR count). The zero-order chi connectivity index (χ0) is 15.6. The van der Waals surface area contributed by atoms with Gasteiger partial charge in [-0.1, -0.05) is 5.16 Å². The molecule has 1 aliphatic rings. The van der Waals surface area contributed by atoms with Crippen molar-refractivity contribution in [3.8, 4) is 5.75 Å². The molecule has 0 aliphatic carbocycles. The normalized spacial score (nSPS) is 17.7. The van der Waals surface area contributed by atoms with Crippen molar-refractivity contribution in [2.24, 2.45) is 5.16 Å². The van der Waals surface area contributed by atoms with E-state index < -0.39 is 22.7 Å². The summed E-state index contributed by atoms with van der Waals surface area (Å²) in [6.45, 7) is 4.10. The minimum Gasteiger partial charge on any atom is -0.503 e. The van der Waals surface area contributed by atoms with E-state index in [4.69, 9.17) is 9.94 Å². The van der Waals surface area contributed by atoms with Crippen LogP contribution in [0.25, 0.3) is 0 Å². The highest BCUT2D eigenvalue weighted by atomic mass is 16.6. The van der Waals surface area contributed by atoms with Crippen LogP contribution in [-0.4, -0.2) is 32.6 Å². The molecular weight excluding hydrogens is 276 g/mol. The first kappa shape index (κ1) is 14.8. The van der Waals surface area contributed by atoms with E-state index in [2.05, 4.69) is 5.16 Å². The Balaban J connectivity index is 2.19. The Bertz CT molecular complexity index is 687. The summed E-state index contributed by atoms with van der Waals surface area (Å²) in [4.78, 5) is 27.5. The first-order valence-corrected chi connectivity index (χ1v) is 6.46. The molecule has 1 atom stereocenters. The van der Waals surface area contributed by atoms with Gasteiger partial charge in [0, 0.05) is 18.9 Å². The van der Waals surface area contributed by atoms with Crippen molar-refractivity contribution in [3.05, 3.63) is 39.8 Å². The molecule has 2 N–H and O–H groups in total. The number of aromatic carboxylic acids is 1. The lowest BCUT2D eigenvalue weighted by Gasteiger charge is -2.17. The van der Waals surface area contributed by atoms with Crippen LogP contribution < -0.4 is 5.43 Å². The van der Waals surface area contributed by atoms with Gasteiger partial charge in [0.15, 0.2) is 5.75 Å². The van der Waals surface area contributed by atoms with Gasteiger partial charge in [-0.15, -0.1) is 0 Å². The fourth-order valence-electron chi connectivity index (χ4n) is 2.07. The minimum atomic E-state index is -1.36. The molecule has 0 saturated heterocycles. The zero-order valence-corrected chi connectivity index (χ0v) is 11.7. The highest BCUT2D eigenvalue weighted by molar-refractivity contribution is 5.98. The molecule has 0 spiro atoms. The van der Waals surface area contributed by atoms with Crippen LogP contribution in [0.5, 0.6) is 5.75 Å². The van der Waals surface area contributed by atoms with Gasteiger partial charge in [0.2, 0.25) is 5.43 Å². The molecule has 7 nitrogen and oxygen atoms in total. The van der Waals surface area contributed by atoms with Crippen LogP contribution in [0.15, 0.2) is 34.0 Å². The number of oxime groups is 1. The Morgan fingerprint density at radius 1 is 1.48 bits per heavy atom. The molecule has 1 aromatic heterocycles. The molecule has 7 heteroatoms. The summed E-state index contributed by atoms with van der Waals surface area (Å²) in [6.07, 6.45) is 4.86. The van der Waals surface area contributed by atoms with Crippen molar-refractivity contribution in [3.63, 3.8) is 0 Å². The third kappa shape index (κ3) is 3.31. The van der Waals surface area contributed by atoms with E-state index in [1.807, 2.05) is 19.9 Å². The van der Waals surface area contributed by atoms with Crippen molar-refractivity contribution in [1.29, 1.82) is 0 Å². The number of carboxylic acid groups (broad SMARTS) is 1. The Labute approximate surface area is 120 Å². The summed E-state index contributed by atoms with van der Waals surface area (Å²) >= 11 is 0. The summed E-state index contributed by atoms with van der Waals surface area (Å²) in [5.41, 5.74) is 0.422. The van der Waals surface area contributed by atoms with E-state index in [9.17, 15) is 14.7 Å². The van der Waals surface area contributed by atoms with Crippen LogP contribution in [0.3, 0.4) is 0 Å². The third-order valence-corrected chi connectivity index (χ3v) is 3.19. The van der Waals surface area contributed by atoms with E-state index in [1.54, 1.807) is 0 Å². The molecule has 1 unspecified atom stereocenters. The smallest absolute Gasteiger partial charge is 0.341 e. The second-order valence-corrected chi connectivity index (χ2v) is 4.86. The quantitative estimate of drug-likeness (QED) is 0.872. The first-order chi connectivity index (χ1) is 9.88. The summed E-state index contributed by atoms with van der Waals surface area (Å²) in [5.74, 6) is -1.93. The molecule has 1 aliphatic heterocycles. The number of aromatic hydroxyl groups is 1. The Hall–Kier alpha value is -2.57. The van der Waals surface area contributed by atoms with Gasteiger partial charge >= 0.3 is 5.97 Å². The summed E-state index contributed by atoms with van der Waals surface area (Å²) in [7, 11) is 0. The van der Waals surface area contributed by atoms with E-state index in [1.165, 1.54) is 17.0 Å². The highest BCUT2D eigenvalue weighted by Gasteiger charge is 2.15. The lowest BCUT2D eigenvalue weighted by Crippen LogP contribution is -2.18. The van der Waals surface area contributed by atoms with Crippen LogP contribution >= 0.6 is 0 Å². The van der Waals surface area contributed by atoms with Crippen molar-refractivity contribution in [1.82, 2.24) is 4.57 Å². The van der Waals surface area contributed by atoms with Crippen molar-refractivity contribution in [2.75, 3.05) is 0 Å². The number of nitrogens with zero attached hydrogens (tertiary/aromatic N) is 2. The molecule has 2 heterocycles. The molecule has 0 saturated carbocycles. The van der Waals surface area contributed by atoms with E-state index in [0.29, 0.717) is 13.0 Å². The molecule has 21 heavy (non-hydrogen) atoms. The van der Waals surface area contributed by atoms with Gasteiger partial charge < -0.3 is 19.6 Å². The molecule has 0 fully saturated rings. The number of carbonyl (C=O) groups is 1. The maximum Gasteiger partial charge on any atom is 0.341 e. The van der Waals surface area contributed by atoms with Crippen molar-refractivity contribution in [2.45, 2.75) is 32.9 Å². The fourth-order valence-corrected chi connectivity index (χ4v) is 2.07. The van der Waals surface area contributed by atoms with E-state index >= 15 is 0 Å². The second-order valence-electron chi connectivity index (χ2n) is 4.86. The molecule has 112 valence electrons. The minimum absolute atomic E-state index is 0.110. The predicted octanol–water partition coefficient (Wildman–Crippen LogP) is 1.36. The fraction of sp³-hybridized carbons (Fsp3) is 0.357. The molecular formula is C14H16N2O5. The standard InChI is InChI=1S/C14H16N2O5/c1-8-5-10(9(2)15-21-8)3-4-16-6-11(14(19)20)13(18)12(17)7-16/h5-8,17H,3-4H2,1-2H3,(H,19,20). The van der Waals surface area contributed by atoms with Crippen LogP contribution in [0.1, 0.15) is 30.6 Å². The van der Waals surface area contributed by atoms with Gasteiger partial charge in [0.25, 0.3) is 0 Å². The predicted molar refractivity (Wildman–Crippen MR) is 75.7 cm³/mol. The maximum absolute atomic E-state index is 11.5. The molecule has 0 amide bonds. The van der Waals surface area contributed by atoms with Crippen molar-refractivity contribution < 1.29 is 19.8 Å². The number of rotatable bonds is 4. The van der Waals surface area contributed by atoms with Gasteiger partial charge in [-0.05, 0) is 31.9 Å². The molecule has 1 aromatic rings. The SMILES string of the molecule is CC1=NOC(C)C=C1CCn1cc(O)c(=O)c(C(=O)O)c1. The number of allylic oxidation sites excluding steroid dienone is 1. The van der Waals surface area contributed by atoms with Crippen molar-refractivity contribution >= 4 is 11.7 Å². The Kier molecular flexibility index (Phi) is 4.11. The molecule has 0 radical (unpaired) electrons. The van der Waals surface area contributed by atoms with Crippen LogP contribution in [0, 0.1) is 0 Å². The number of carboxylic acids is 1. The van der Waals surface area contributed by atoms with Gasteiger partial charge in [-0.25, -0.2) is 4.79 Å². The molecule has 0 aromatic carbocycles. The van der Waals surface area contributed by atoms with Gasteiger partial charge in [0.1, 0.15) is 11.7 Å². The maximum atomic E-state index is 11.5. The topological polar surface area (TPSA) is 101 Å². The van der Waals surface area contributed by atoms with Gasteiger partial charge in [0.05, 0.1) is 5.71 Å². The van der Waals surface area contributed by atoms with Crippen LogP contribution in [0.4, 0.5) is 0 Å². The average Bonchev–Trinajstić information content (AvgIpc) is 2.43. The summed E-state index contributed by atoms with van der Waals surface area (Å²) in [6, 6.07) is 0. The second kappa shape index (κ2) is 5.82. The number of pyridine rings is 1. The largest absolute Gasteiger partial charge is 0.503 e. The summed E-state index contributed by atoms with van der Waals surface area (Å²) in [5, 5.41) is 22.4. The van der Waals surface area contributed by atoms with Gasteiger partial charge in [-0.2, -0.15) is 0 Å². The third-order valence-electron chi connectivity index (χ3n) is 3.19. The molecule has 0 bridgehead atoms. The van der Waals surface area contributed by atoms with Crippen LogP contribution in [-0.2, 0) is 11.4 Å². The summed E-state index contributed by atoms with van der Waals surface area (Å²) < 4.78 is 1.48. The highest BCUT2D eigenvalue weighted by Crippen LogP contribution is 2.15. The number of hydrogen-bond donors (Lipinski definition) is 2. The number of aryl methyl sites for hydroxylation is 1. The Morgan fingerprint density at radius 2 is 2.19 bits per heavy atom. The van der Waals surface area contributed by atoms with E-state index in [-0.39, 0.29) is 6.10 Å². The monoisotopic (exact) mass is 292 g/mol. The lowest BCUT2D eigenvalue weighted by atomic mass is 10.1. The number of aromatic nitrogens is 1. The zero-order valence-electron chi connectivity index (χ0n) is 11.7. The number of hydrogen-bond acceptors (Lipinski definition) is 5. The van der Waals surface area contributed by atoms with E-state index in [0.717, 1.165) is 11.3 Å². The van der Waals surface area contributed by atoms with Crippen LogP contribution in [0.2, 0.25) is 0 Å². The first-order valence-electron chi connectivity index (χ1n) is 6.46. The van der Waals surface area contributed by atoms with Gasteiger partial charge in [-0.3, -0.25) is 4.79 Å². The average molecular weight is 292 g/mol. The lowest BCUT2D eigenvalue weighted by molar-refractivity contribution is 0.0693. The Morgan fingerprint density at radius 3 is 2.86 bits per heavy atom.